The zero-order chi connectivity index (χ0) is 14.3. The molecule has 5 heteroatoms. The second-order valence-electron chi connectivity index (χ2n) is 6.29. The molecule has 1 aromatic heterocycles. The van der Waals surface area contributed by atoms with Crippen LogP contribution in [-0.2, 0) is 13.0 Å². The lowest BCUT2D eigenvalue weighted by molar-refractivity contribution is -0.119. The summed E-state index contributed by atoms with van der Waals surface area (Å²) in [6.07, 6.45) is 3.04. The van der Waals surface area contributed by atoms with Crippen LogP contribution in [0.5, 0.6) is 0 Å². The molecule has 110 valence electrons. The molecule has 1 saturated carbocycles. The Hall–Kier alpha value is -1.72. The first-order valence-electron chi connectivity index (χ1n) is 7.51. The Labute approximate surface area is 123 Å². The van der Waals surface area contributed by atoms with E-state index in [0.717, 1.165) is 13.1 Å². The summed E-state index contributed by atoms with van der Waals surface area (Å²) >= 11 is 0. The highest BCUT2D eigenvalue weighted by Crippen LogP contribution is 2.44. The van der Waals surface area contributed by atoms with Gasteiger partial charge in [0.15, 0.2) is 5.82 Å². The molecule has 2 fully saturated rings. The van der Waals surface area contributed by atoms with Gasteiger partial charge in [0.05, 0.1) is 12.1 Å². The molecule has 4 rings (SSSR count). The van der Waals surface area contributed by atoms with E-state index in [1.54, 1.807) is 0 Å². The van der Waals surface area contributed by atoms with Gasteiger partial charge in [-0.2, -0.15) is 4.98 Å². The van der Waals surface area contributed by atoms with Crippen LogP contribution in [0, 0.1) is 5.92 Å². The number of aliphatic hydroxyl groups is 1. The van der Waals surface area contributed by atoms with E-state index >= 15 is 0 Å². The average Bonchev–Trinajstić information content (AvgIpc) is 3.22. The Morgan fingerprint density at radius 1 is 1.24 bits per heavy atom. The molecule has 1 aromatic carbocycles. The maximum atomic E-state index is 10.3. The number of benzene rings is 1. The highest BCUT2D eigenvalue weighted by atomic mass is 16.5. The van der Waals surface area contributed by atoms with E-state index in [0.29, 0.717) is 30.6 Å². The van der Waals surface area contributed by atoms with E-state index in [-0.39, 0.29) is 0 Å². The molecule has 2 heterocycles. The van der Waals surface area contributed by atoms with E-state index in [9.17, 15) is 5.11 Å². The zero-order valence-corrected chi connectivity index (χ0v) is 11.9. The number of β-amino-alcohol motifs (C(OH)–C–C–N with tert-alkyl or cyclic N) is 1. The van der Waals surface area contributed by atoms with Crippen molar-refractivity contribution in [3.63, 3.8) is 0 Å². The number of rotatable bonds is 5. The maximum Gasteiger partial charge on any atom is 0.240 e. The number of aromatic nitrogens is 2. The molecular formula is C16H19N3O2. The van der Waals surface area contributed by atoms with Crippen LogP contribution in [0.25, 0.3) is 0 Å². The lowest BCUT2D eigenvalue weighted by Gasteiger charge is -2.46. The summed E-state index contributed by atoms with van der Waals surface area (Å²) in [5, 5.41) is 14.3. The van der Waals surface area contributed by atoms with Gasteiger partial charge >= 0.3 is 0 Å². The van der Waals surface area contributed by atoms with Crippen molar-refractivity contribution in [2.24, 2.45) is 5.92 Å². The van der Waals surface area contributed by atoms with Crippen LogP contribution in [0.1, 0.15) is 30.1 Å². The summed E-state index contributed by atoms with van der Waals surface area (Å²) in [7, 11) is 0. The predicted octanol–water partition coefficient (Wildman–Crippen LogP) is 1.62. The number of hydrogen-bond acceptors (Lipinski definition) is 5. The van der Waals surface area contributed by atoms with Crippen molar-refractivity contribution < 1.29 is 9.63 Å². The highest BCUT2D eigenvalue weighted by Gasteiger charge is 2.51. The average molecular weight is 285 g/mol. The first kappa shape index (κ1) is 13.0. The van der Waals surface area contributed by atoms with Crippen LogP contribution in [-0.4, -0.2) is 38.8 Å². The van der Waals surface area contributed by atoms with Crippen molar-refractivity contribution in [2.75, 3.05) is 13.1 Å². The molecule has 1 N–H and O–H groups in total. The van der Waals surface area contributed by atoms with Gasteiger partial charge in [0.25, 0.3) is 0 Å². The van der Waals surface area contributed by atoms with Gasteiger partial charge in [0.2, 0.25) is 5.89 Å². The third kappa shape index (κ3) is 2.71. The molecule has 0 bridgehead atoms. The summed E-state index contributed by atoms with van der Waals surface area (Å²) in [4.78, 5) is 6.60. The standard InChI is InChI=1S/C16H19N3O2/c20-16(13-6-7-13)10-19(11-16)9-15-17-14(18-21-15)8-12-4-2-1-3-5-12/h1-5,13,20H,6-11H2. The molecule has 0 unspecified atom stereocenters. The fraction of sp³-hybridized carbons (Fsp3) is 0.500. The van der Waals surface area contributed by atoms with Crippen LogP contribution < -0.4 is 0 Å². The van der Waals surface area contributed by atoms with Gasteiger partial charge in [-0.05, 0) is 24.3 Å². The van der Waals surface area contributed by atoms with Crippen LogP contribution in [0.3, 0.4) is 0 Å². The highest BCUT2D eigenvalue weighted by molar-refractivity contribution is 5.18. The zero-order valence-electron chi connectivity index (χ0n) is 11.9. The summed E-state index contributed by atoms with van der Waals surface area (Å²) in [6.45, 7) is 2.10. The number of likely N-dealkylation sites (tertiary alicyclic amines) is 1. The van der Waals surface area contributed by atoms with Gasteiger partial charge in [-0.25, -0.2) is 0 Å². The molecule has 1 aliphatic carbocycles. The minimum atomic E-state index is -0.451. The molecule has 0 spiro atoms. The van der Waals surface area contributed by atoms with Crippen molar-refractivity contribution in [1.29, 1.82) is 0 Å². The molecule has 1 aliphatic heterocycles. The second kappa shape index (κ2) is 4.93. The van der Waals surface area contributed by atoms with Gasteiger partial charge in [-0.1, -0.05) is 35.5 Å². The van der Waals surface area contributed by atoms with E-state index in [4.69, 9.17) is 4.52 Å². The molecule has 21 heavy (non-hydrogen) atoms. The van der Waals surface area contributed by atoms with Gasteiger partial charge in [-0.3, -0.25) is 4.90 Å². The third-order valence-corrected chi connectivity index (χ3v) is 4.41. The Bertz CT molecular complexity index is 615. The molecule has 5 nitrogen and oxygen atoms in total. The summed E-state index contributed by atoms with van der Waals surface area (Å²) < 4.78 is 5.30. The van der Waals surface area contributed by atoms with Crippen molar-refractivity contribution in [3.05, 3.63) is 47.6 Å². The fourth-order valence-corrected chi connectivity index (χ4v) is 3.11. The van der Waals surface area contributed by atoms with Crippen molar-refractivity contribution in [1.82, 2.24) is 15.0 Å². The van der Waals surface area contributed by atoms with E-state index in [1.165, 1.54) is 18.4 Å². The Morgan fingerprint density at radius 2 is 2.00 bits per heavy atom. The normalized spacial score (nSPS) is 21.2. The summed E-state index contributed by atoms with van der Waals surface area (Å²) in [6, 6.07) is 10.1. The molecule has 2 aromatic rings. The topological polar surface area (TPSA) is 62.4 Å². The first-order valence-corrected chi connectivity index (χ1v) is 7.51. The van der Waals surface area contributed by atoms with Gasteiger partial charge < -0.3 is 9.63 Å². The molecular weight excluding hydrogens is 266 g/mol. The van der Waals surface area contributed by atoms with Crippen LogP contribution in [0.15, 0.2) is 34.9 Å². The molecule has 1 saturated heterocycles. The molecule has 0 amide bonds. The van der Waals surface area contributed by atoms with Gasteiger partial charge in [0.1, 0.15) is 0 Å². The predicted molar refractivity (Wildman–Crippen MR) is 76.5 cm³/mol. The van der Waals surface area contributed by atoms with E-state index < -0.39 is 5.60 Å². The lowest BCUT2D eigenvalue weighted by atomic mass is 9.89. The third-order valence-electron chi connectivity index (χ3n) is 4.41. The Morgan fingerprint density at radius 3 is 2.71 bits per heavy atom. The fourth-order valence-electron chi connectivity index (χ4n) is 3.11. The van der Waals surface area contributed by atoms with Crippen LogP contribution >= 0.6 is 0 Å². The van der Waals surface area contributed by atoms with Crippen molar-refractivity contribution in [2.45, 2.75) is 31.4 Å². The SMILES string of the molecule is OC1(C2CC2)CN(Cc2nc(Cc3ccccc3)no2)C1. The number of hydrogen-bond donors (Lipinski definition) is 1. The molecule has 2 aliphatic rings. The van der Waals surface area contributed by atoms with E-state index in [2.05, 4.69) is 27.2 Å². The largest absolute Gasteiger partial charge is 0.387 e. The lowest BCUT2D eigenvalue weighted by Crippen LogP contribution is -2.62. The molecule has 0 radical (unpaired) electrons. The van der Waals surface area contributed by atoms with Crippen LogP contribution in [0.4, 0.5) is 0 Å². The van der Waals surface area contributed by atoms with Gasteiger partial charge in [0, 0.05) is 19.5 Å². The van der Waals surface area contributed by atoms with Gasteiger partial charge in [-0.15, -0.1) is 0 Å². The quantitative estimate of drug-likeness (QED) is 0.904. The maximum absolute atomic E-state index is 10.3. The Kier molecular flexibility index (Phi) is 3.05. The van der Waals surface area contributed by atoms with Crippen LogP contribution in [0.2, 0.25) is 0 Å². The Balaban J connectivity index is 1.33. The monoisotopic (exact) mass is 285 g/mol. The van der Waals surface area contributed by atoms with Crippen molar-refractivity contribution >= 4 is 0 Å². The van der Waals surface area contributed by atoms with Crippen molar-refractivity contribution in [3.8, 4) is 0 Å². The summed E-state index contributed by atoms with van der Waals surface area (Å²) in [5.74, 6) is 1.87. The minimum absolute atomic E-state index is 0.451. The number of nitrogens with zero attached hydrogens (tertiary/aromatic N) is 3. The smallest absolute Gasteiger partial charge is 0.240 e. The second-order valence-corrected chi connectivity index (χ2v) is 6.29. The minimum Gasteiger partial charge on any atom is -0.387 e. The molecule has 0 atom stereocenters. The van der Waals surface area contributed by atoms with E-state index in [1.807, 2.05) is 18.2 Å². The summed E-state index contributed by atoms with van der Waals surface area (Å²) in [5.41, 5.74) is 0.726. The first-order chi connectivity index (χ1) is 10.2.